The molecule has 28 heavy (non-hydrogen) atoms. The van der Waals surface area contributed by atoms with Crippen LogP contribution in [-0.4, -0.2) is 32.4 Å². The SMILES string of the molecule is O=C(CCCNc1ccccc1[N+](=O)[O-])OCn1nnc2ccccc2c1=O. The number of rotatable bonds is 8. The molecule has 0 unspecified atom stereocenters. The highest BCUT2D eigenvalue weighted by Crippen LogP contribution is 2.22. The molecule has 0 atom stereocenters. The molecule has 3 aromatic rings. The van der Waals surface area contributed by atoms with Gasteiger partial charge in [0.25, 0.3) is 11.2 Å². The number of hydrogen-bond donors (Lipinski definition) is 1. The first kappa shape index (κ1) is 19.0. The van der Waals surface area contributed by atoms with E-state index in [-0.39, 0.29) is 18.8 Å². The molecule has 0 bridgehead atoms. The van der Waals surface area contributed by atoms with Crippen LogP contribution in [0, 0.1) is 10.1 Å². The third kappa shape index (κ3) is 4.47. The number of fused-ring (bicyclic) bond motifs is 1. The average molecular weight is 383 g/mol. The molecule has 0 radical (unpaired) electrons. The summed E-state index contributed by atoms with van der Waals surface area (Å²) in [6.07, 6.45) is 0.493. The van der Waals surface area contributed by atoms with Crippen LogP contribution < -0.4 is 10.9 Å². The Balaban J connectivity index is 1.47. The molecule has 1 N–H and O–H groups in total. The highest BCUT2D eigenvalue weighted by Gasteiger charge is 2.12. The van der Waals surface area contributed by atoms with Crippen molar-refractivity contribution < 1.29 is 14.5 Å². The Morgan fingerprint density at radius 2 is 1.93 bits per heavy atom. The molecule has 0 saturated carbocycles. The van der Waals surface area contributed by atoms with Crippen LogP contribution in [0.25, 0.3) is 10.9 Å². The van der Waals surface area contributed by atoms with E-state index in [1.807, 2.05) is 0 Å². The van der Waals surface area contributed by atoms with Gasteiger partial charge in [-0.3, -0.25) is 19.7 Å². The zero-order chi connectivity index (χ0) is 19.9. The van der Waals surface area contributed by atoms with Gasteiger partial charge in [0.15, 0.2) is 6.73 Å². The maximum absolute atomic E-state index is 12.2. The molecule has 10 nitrogen and oxygen atoms in total. The molecule has 0 aliphatic heterocycles. The van der Waals surface area contributed by atoms with E-state index >= 15 is 0 Å². The molecule has 0 aliphatic carbocycles. The Kier molecular flexibility index (Phi) is 5.90. The first-order chi connectivity index (χ1) is 13.6. The van der Waals surface area contributed by atoms with Crippen LogP contribution in [0.15, 0.2) is 53.3 Å². The number of anilines is 1. The monoisotopic (exact) mass is 383 g/mol. The second-order valence-corrected chi connectivity index (χ2v) is 5.86. The average Bonchev–Trinajstić information content (AvgIpc) is 2.71. The number of nitrogens with zero attached hydrogens (tertiary/aromatic N) is 4. The van der Waals surface area contributed by atoms with Crippen molar-refractivity contribution in [2.24, 2.45) is 0 Å². The first-order valence-electron chi connectivity index (χ1n) is 8.52. The summed E-state index contributed by atoms with van der Waals surface area (Å²) in [4.78, 5) is 34.6. The summed E-state index contributed by atoms with van der Waals surface area (Å²) in [7, 11) is 0. The van der Waals surface area contributed by atoms with Gasteiger partial charge in [-0.1, -0.05) is 29.5 Å². The molecule has 10 heteroatoms. The molecule has 3 rings (SSSR count). The zero-order valence-electron chi connectivity index (χ0n) is 14.8. The van der Waals surface area contributed by atoms with E-state index in [9.17, 15) is 19.7 Å². The fourth-order valence-electron chi connectivity index (χ4n) is 2.55. The van der Waals surface area contributed by atoms with Crippen LogP contribution in [0.1, 0.15) is 12.8 Å². The van der Waals surface area contributed by atoms with Gasteiger partial charge in [0.1, 0.15) is 11.2 Å². The topological polar surface area (TPSA) is 129 Å². The van der Waals surface area contributed by atoms with E-state index in [1.165, 1.54) is 6.07 Å². The van der Waals surface area contributed by atoms with E-state index in [0.29, 0.717) is 29.6 Å². The van der Waals surface area contributed by atoms with Crippen LogP contribution in [0.5, 0.6) is 0 Å². The summed E-state index contributed by atoms with van der Waals surface area (Å²) in [6, 6.07) is 13.0. The molecule has 144 valence electrons. The minimum absolute atomic E-state index is 0.0284. The molecule has 1 aromatic heterocycles. The number of carbonyl (C=O) groups is 1. The third-order valence-electron chi connectivity index (χ3n) is 3.95. The molecule has 0 amide bonds. The smallest absolute Gasteiger partial charge is 0.307 e. The van der Waals surface area contributed by atoms with Crippen LogP contribution in [0.3, 0.4) is 0 Å². The van der Waals surface area contributed by atoms with Crippen molar-refractivity contribution in [1.82, 2.24) is 15.0 Å². The van der Waals surface area contributed by atoms with Crippen molar-refractivity contribution in [3.8, 4) is 0 Å². The fourth-order valence-corrected chi connectivity index (χ4v) is 2.55. The van der Waals surface area contributed by atoms with Gasteiger partial charge in [-0.25, -0.2) is 0 Å². The Morgan fingerprint density at radius 3 is 2.75 bits per heavy atom. The highest BCUT2D eigenvalue weighted by molar-refractivity contribution is 5.76. The third-order valence-corrected chi connectivity index (χ3v) is 3.95. The largest absolute Gasteiger partial charge is 0.442 e. The van der Waals surface area contributed by atoms with Crippen molar-refractivity contribution in [1.29, 1.82) is 0 Å². The number of benzene rings is 2. The van der Waals surface area contributed by atoms with E-state index in [1.54, 1.807) is 42.5 Å². The lowest BCUT2D eigenvalue weighted by atomic mass is 10.2. The van der Waals surface area contributed by atoms with Crippen LogP contribution in [-0.2, 0) is 16.3 Å². The lowest BCUT2D eigenvalue weighted by Gasteiger charge is -2.08. The molecule has 0 saturated heterocycles. The summed E-state index contributed by atoms with van der Waals surface area (Å²) in [6.45, 7) is 0.0305. The lowest BCUT2D eigenvalue weighted by Crippen LogP contribution is -2.26. The van der Waals surface area contributed by atoms with Gasteiger partial charge in [0, 0.05) is 19.0 Å². The van der Waals surface area contributed by atoms with E-state index in [4.69, 9.17) is 4.74 Å². The number of nitro groups is 1. The second-order valence-electron chi connectivity index (χ2n) is 5.86. The number of nitrogens with one attached hydrogen (secondary N) is 1. The van der Waals surface area contributed by atoms with Crippen LogP contribution in [0.4, 0.5) is 11.4 Å². The van der Waals surface area contributed by atoms with E-state index in [0.717, 1.165) is 4.68 Å². The standard InChI is InChI=1S/C18H17N5O5/c24-17(10-5-11-19-15-8-3-4-9-16(15)23(26)27)28-12-22-18(25)13-6-1-2-7-14(13)20-21-22/h1-4,6-9,19H,5,10-12H2. The van der Waals surface area contributed by atoms with E-state index < -0.39 is 16.5 Å². The van der Waals surface area contributed by atoms with Crippen molar-refractivity contribution in [3.05, 3.63) is 69.0 Å². The normalized spacial score (nSPS) is 10.6. The predicted octanol–water partition coefficient (Wildman–Crippen LogP) is 2.09. The molecule has 1 heterocycles. The van der Waals surface area contributed by atoms with E-state index in [2.05, 4.69) is 15.6 Å². The molecule has 0 aliphatic rings. The lowest BCUT2D eigenvalue weighted by molar-refractivity contribution is -0.384. The number of hydrogen-bond acceptors (Lipinski definition) is 8. The van der Waals surface area contributed by atoms with Gasteiger partial charge in [0.05, 0.1) is 10.3 Å². The van der Waals surface area contributed by atoms with Crippen LogP contribution >= 0.6 is 0 Å². The quantitative estimate of drug-likeness (QED) is 0.271. The van der Waals surface area contributed by atoms with Gasteiger partial charge in [0.2, 0.25) is 0 Å². The molecular weight excluding hydrogens is 366 g/mol. The number of nitro benzene ring substituents is 1. The van der Waals surface area contributed by atoms with Gasteiger partial charge >= 0.3 is 5.97 Å². The number of carbonyl (C=O) groups excluding carboxylic acids is 1. The van der Waals surface area contributed by atoms with Gasteiger partial charge < -0.3 is 10.1 Å². The Hall–Kier alpha value is -3.82. The van der Waals surface area contributed by atoms with Gasteiger partial charge in [-0.05, 0) is 24.6 Å². The molecule has 0 spiro atoms. The zero-order valence-corrected chi connectivity index (χ0v) is 14.8. The molecular formula is C18H17N5O5. The Bertz CT molecular complexity index is 1070. The van der Waals surface area contributed by atoms with Gasteiger partial charge in [-0.2, -0.15) is 4.68 Å². The highest BCUT2D eigenvalue weighted by atomic mass is 16.6. The second kappa shape index (κ2) is 8.71. The van der Waals surface area contributed by atoms with Crippen molar-refractivity contribution in [2.75, 3.05) is 11.9 Å². The Labute approximate surface area is 158 Å². The minimum Gasteiger partial charge on any atom is -0.442 e. The first-order valence-corrected chi connectivity index (χ1v) is 8.52. The maximum Gasteiger partial charge on any atom is 0.307 e. The predicted molar refractivity (Wildman–Crippen MR) is 101 cm³/mol. The maximum atomic E-state index is 12.2. The summed E-state index contributed by atoms with van der Waals surface area (Å²) in [5, 5.41) is 21.9. The van der Waals surface area contributed by atoms with Gasteiger partial charge in [-0.15, -0.1) is 5.10 Å². The van der Waals surface area contributed by atoms with Crippen LogP contribution in [0.2, 0.25) is 0 Å². The van der Waals surface area contributed by atoms with Crippen molar-refractivity contribution >= 4 is 28.2 Å². The number of para-hydroxylation sites is 2. The summed E-state index contributed by atoms with van der Waals surface area (Å²) in [5.41, 5.74) is 0.436. The number of esters is 1. The van der Waals surface area contributed by atoms with Crippen molar-refractivity contribution in [3.63, 3.8) is 0 Å². The summed E-state index contributed by atoms with van der Waals surface area (Å²) in [5.74, 6) is -0.508. The van der Waals surface area contributed by atoms with Crippen molar-refractivity contribution in [2.45, 2.75) is 19.6 Å². The Morgan fingerprint density at radius 1 is 1.18 bits per heavy atom. The molecule has 0 fully saturated rings. The number of aromatic nitrogens is 3. The minimum atomic E-state index is -0.508. The summed E-state index contributed by atoms with van der Waals surface area (Å²) < 4.78 is 6.04. The fraction of sp³-hybridized carbons (Fsp3) is 0.222. The number of ether oxygens (including phenoxy) is 1. The summed E-state index contributed by atoms with van der Waals surface area (Å²) >= 11 is 0. The molecule has 2 aromatic carbocycles.